The number of benzene rings is 2. The van der Waals surface area contributed by atoms with Crippen LogP contribution in [0.5, 0.6) is 11.5 Å². The molecule has 0 bridgehead atoms. The number of hydrogen-bond acceptors (Lipinski definition) is 5. The molecular weight excluding hydrogens is 366 g/mol. The van der Waals surface area contributed by atoms with Crippen molar-refractivity contribution in [2.45, 2.75) is 13.2 Å². The van der Waals surface area contributed by atoms with E-state index in [1.165, 1.54) is 18.3 Å². The fourth-order valence-electron chi connectivity index (χ4n) is 2.29. The van der Waals surface area contributed by atoms with Crippen molar-refractivity contribution >= 4 is 22.9 Å². The highest BCUT2D eigenvalue weighted by molar-refractivity contribution is 5.85. The lowest BCUT2D eigenvalue weighted by molar-refractivity contribution is -0.0543. The number of anilines is 1. The van der Waals surface area contributed by atoms with E-state index in [1.54, 1.807) is 6.07 Å². The first-order valence-electron chi connectivity index (χ1n) is 7.70. The van der Waals surface area contributed by atoms with Crippen LogP contribution in [0.3, 0.4) is 0 Å². The molecule has 27 heavy (non-hydrogen) atoms. The molecule has 1 N–H and O–H groups in total. The van der Waals surface area contributed by atoms with Crippen molar-refractivity contribution in [2.75, 3.05) is 5.43 Å². The maximum absolute atomic E-state index is 12.5. The molecule has 1 heterocycles. The molecule has 3 aromatic rings. The molecule has 0 saturated heterocycles. The molecule has 2 aromatic carbocycles. The summed E-state index contributed by atoms with van der Waals surface area (Å²) in [5.41, 5.74) is 3.58. The maximum Gasteiger partial charge on any atom is 0.387 e. The molecule has 0 saturated carbocycles. The van der Waals surface area contributed by atoms with Crippen molar-refractivity contribution < 1.29 is 27.0 Å². The predicted molar refractivity (Wildman–Crippen MR) is 92.7 cm³/mol. The average molecular weight is 379 g/mol. The van der Waals surface area contributed by atoms with Crippen LogP contribution in [-0.2, 0) is 0 Å². The summed E-state index contributed by atoms with van der Waals surface area (Å²) < 4.78 is 58.1. The fraction of sp³-hybridized carbons (Fsp3) is 0.111. The number of ether oxygens (including phenoxy) is 2. The van der Waals surface area contributed by atoms with Crippen molar-refractivity contribution in [3.63, 3.8) is 0 Å². The molecule has 1 aromatic heterocycles. The van der Waals surface area contributed by atoms with Crippen LogP contribution in [0.15, 0.2) is 59.7 Å². The van der Waals surface area contributed by atoms with Gasteiger partial charge in [0.25, 0.3) is 0 Å². The Morgan fingerprint density at radius 2 is 1.70 bits per heavy atom. The van der Waals surface area contributed by atoms with E-state index in [-0.39, 0.29) is 17.1 Å². The smallest absolute Gasteiger partial charge is 0.387 e. The van der Waals surface area contributed by atoms with Gasteiger partial charge >= 0.3 is 13.2 Å². The van der Waals surface area contributed by atoms with Crippen LogP contribution >= 0.6 is 0 Å². The van der Waals surface area contributed by atoms with E-state index in [0.29, 0.717) is 5.82 Å². The number of fused-ring (bicyclic) bond motifs is 1. The molecule has 9 heteroatoms. The van der Waals surface area contributed by atoms with Gasteiger partial charge in [-0.15, -0.1) is 0 Å². The number of alkyl halides is 4. The molecule has 0 fully saturated rings. The van der Waals surface area contributed by atoms with Gasteiger partial charge in [-0.2, -0.15) is 22.7 Å². The third-order valence-electron chi connectivity index (χ3n) is 3.41. The van der Waals surface area contributed by atoms with Gasteiger partial charge < -0.3 is 9.47 Å². The second-order valence-electron chi connectivity index (χ2n) is 5.22. The molecule has 0 spiro atoms. The summed E-state index contributed by atoms with van der Waals surface area (Å²) in [6.45, 7) is -6.21. The third-order valence-corrected chi connectivity index (χ3v) is 3.41. The molecule has 0 radical (unpaired) electrons. The minimum atomic E-state index is -3.13. The topological polar surface area (TPSA) is 55.7 Å². The van der Waals surface area contributed by atoms with Crippen LogP contribution < -0.4 is 14.9 Å². The summed E-state index contributed by atoms with van der Waals surface area (Å²) in [4.78, 5) is 4.34. The summed E-state index contributed by atoms with van der Waals surface area (Å²) in [6, 6.07) is 14.4. The molecular formula is C18H13F4N3O2. The highest BCUT2D eigenvalue weighted by atomic mass is 19.3. The zero-order valence-electron chi connectivity index (χ0n) is 13.7. The number of rotatable bonds is 7. The predicted octanol–water partition coefficient (Wildman–Crippen LogP) is 4.88. The van der Waals surface area contributed by atoms with Crippen molar-refractivity contribution in [3.05, 3.63) is 60.2 Å². The van der Waals surface area contributed by atoms with Gasteiger partial charge in [0, 0.05) is 17.0 Å². The Hall–Kier alpha value is -3.36. The van der Waals surface area contributed by atoms with E-state index in [0.717, 1.165) is 17.0 Å². The van der Waals surface area contributed by atoms with Gasteiger partial charge in [-0.05, 0) is 30.3 Å². The molecule has 140 valence electrons. The lowest BCUT2D eigenvalue weighted by Gasteiger charge is -2.10. The zero-order valence-corrected chi connectivity index (χ0v) is 13.7. The third kappa shape index (κ3) is 5.06. The largest absolute Gasteiger partial charge is 0.435 e. The van der Waals surface area contributed by atoms with Gasteiger partial charge in [-0.3, -0.25) is 5.43 Å². The summed E-state index contributed by atoms with van der Waals surface area (Å²) in [5.74, 6) is -0.207. The second kappa shape index (κ2) is 8.35. The van der Waals surface area contributed by atoms with Gasteiger partial charge in [0.2, 0.25) is 0 Å². The summed E-state index contributed by atoms with van der Waals surface area (Å²) in [5, 5.41) is 4.88. The van der Waals surface area contributed by atoms with Gasteiger partial charge in [0.05, 0.1) is 11.7 Å². The maximum atomic E-state index is 12.5. The van der Waals surface area contributed by atoms with Crippen LogP contribution in [0.2, 0.25) is 0 Å². The molecule has 0 aliphatic heterocycles. The normalized spacial score (nSPS) is 11.5. The molecule has 0 aliphatic carbocycles. The number of hydrazone groups is 1. The monoisotopic (exact) mass is 379 g/mol. The quantitative estimate of drug-likeness (QED) is 0.361. The van der Waals surface area contributed by atoms with Crippen LogP contribution in [0.4, 0.5) is 23.4 Å². The Labute approximate surface area is 151 Å². The van der Waals surface area contributed by atoms with Gasteiger partial charge in [0.15, 0.2) is 0 Å². The molecule has 0 unspecified atom stereocenters. The Morgan fingerprint density at radius 3 is 2.48 bits per heavy atom. The van der Waals surface area contributed by atoms with Crippen LogP contribution in [0.25, 0.3) is 10.9 Å². The number of nitrogens with zero attached hydrogens (tertiary/aromatic N) is 2. The van der Waals surface area contributed by atoms with E-state index in [9.17, 15) is 17.6 Å². The first kappa shape index (κ1) is 18.4. The fourth-order valence-corrected chi connectivity index (χ4v) is 2.29. The van der Waals surface area contributed by atoms with Crippen molar-refractivity contribution in [3.8, 4) is 11.5 Å². The second-order valence-corrected chi connectivity index (χ2v) is 5.22. The van der Waals surface area contributed by atoms with E-state index in [1.807, 2.05) is 30.3 Å². The summed E-state index contributed by atoms with van der Waals surface area (Å²) >= 11 is 0. The lowest BCUT2D eigenvalue weighted by atomic mass is 10.2. The number of aromatic nitrogens is 1. The Kier molecular flexibility index (Phi) is 5.70. The molecule has 0 atom stereocenters. The lowest BCUT2D eigenvalue weighted by Crippen LogP contribution is -2.07. The Bertz CT molecular complexity index is 951. The number of para-hydroxylation sites is 1. The Morgan fingerprint density at radius 1 is 0.926 bits per heavy atom. The SMILES string of the molecule is FC(F)Oc1ccc(/C=N/Nc2ccc3ccccc3n2)c(OC(F)F)c1. The highest BCUT2D eigenvalue weighted by Gasteiger charge is 2.12. The van der Waals surface area contributed by atoms with E-state index < -0.39 is 13.2 Å². The van der Waals surface area contributed by atoms with E-state index in [4.69, 9.17) is 0 Å². The minimum absolute atomic E-state index is 0.144. The van der Waals surface area contributed by atoms with Crippen molar-refractivity contribution in [2.24, 2.45) is 5.10 Å². The first-order valence-corrected chi connectivity index (χ1v) is 7.70. The molecule has 0 aliphatic rings. The molecule has 5 nitrogen and oxygen atoms in total. The summed E-state index contributed by atoms with van der Waals surface area (Å²) in [7, 11) is 0. The van der Waals surface area contributed by atoms with Gasteiger partial charge in [-0.1, -0.05) is 18.2 Å². The van der Waals surface area contributed by atoms with Gasteiger partial charge in [-0.25, -0.2) is 4.98 Å². The number of nitrogens with one attached hydrogen (secondary N) is 1. The zero-order chi connectivity index (χ0) is 19.2. The average Bonchev–Trinajstić information content (AvgIpc) is 2.62. The van der Waals surface area contributed by atoms with Gasteiger partial charge in [0.1, 0.15) is 17.3 Å². The van der Waals surface area contributed by atoms with Crippen molar-refractivity contribution in [1.29, 1.82) is 0 Å². The molecule has 0 amide bonds. The highest BCUT2D eigenvalue weighted by Crippen LogP contribution is 2.26. The standard InChI is InChI=1S/C18H13F4N3O2/c19-17(20)26-13-7-5-12(15(9-13)27-18(21)22)10-23-25-16-8-6-11-3-1-2-4-14(11)24-16/h1-10,17-18H,(H,24,25)/b23-10+. The van der Waals surface area contributed by atoms with E-state index in [2.05, 4.69) is 25.0 Å². The van der Waals surface area contributed by atoms with Crippen LogP contribution in [-0.4, -0.2) is 24.4 Å². The number of pyridine rings is 1. The van der Waals surface area contributed by atoms with Crippen LogP contribution in [0, 0.1) is 0 Å². The first-order chi connectivity index (χ1) is 13.0. The minimum Gasteiger partial charge on any atom is -0.435 e. The summed E-state index contributed by atoms with van der Waals surface area (Å²) in [6.07, 6.45) is 1.21. The van der Waals surface area contributed by atoms with E-state index >= 15 is 0 Å². The van der Waals surface area contributed by atoms with Crippen LogP contribution in [0.1, 0.15) is 5.56 Å². The number of hydrogen-bond donors (Lipinski definition) is 1. The van der Waals surface area contributed by atoms with Crippen molar-refractivity contribution in [1.82, 2.24) is 4.98 Å². The Balaban J connectivity index is 1.77. The number of halogens is 4. The molecule has 3 rings (SSSR count).